The SMILES string of the molecule is c1ccc2c(c1)sc1c2ccc2ccc3ccc(-c4ccc5cc(-c6ccc7c8ccccc8c8ccccc8c7c6)ccc5c4)cc3c21. The maximum absolute atomic E-state index is 2.40. The van der Waals surface area contributed by atoms with Gasteiger partial charge < -0.3 is 0 Å². The third-order valence-electron chi connectivity index (χ3n) is 10.6. The normalized spacial score (nSPS) is 12.1. The zero-order chi connectivity index (χ0) is 32.1. The summed E-state index contributed by atoms with van der Waals surface area (Å²) >= 11 is 1.91. The van der Waals surface area contributed by atoms with Crippen LogP contribution in [0.2, 0.25) is 0 Å². The van der Waals surface area contributed by atoms with Crippen LogP contribution in [0.5, 0.6) is 0 Å². The van der Waals surface area contributed by atoms with Crippen molar-refractivity contribution in [3.05, 3.63) is 170 Å². The van der Waals surface area contributed by atoms with Gasteiger partial charge >= 0.3 is 0 Å². The molecule has 0 N–H and O–H groups in total. The lowest BCUT2D eigenvalue weighted by Crippen LogP contribution is -1.86. The van der Waals surface area contributed by atoms with Gasteiger partial charge in [-0.3, -0.25) is 0 Å². The molecule has 0 saturated heterocycles. The molecule has 0 fully saturated rings. The van der Waals surface area contributed by atoms with Gasteiger partial charge in [0, 0.05) is 25.6 Å². The number of benzene rings is 10. The molecular weight excluding hydrogens is 609 g/mol. The highest BCUT2D eigenvalue weighted by Crippen LogP contribution is 2.42. The Bertz CT molecular complexity index is 3130. The van der Waals surface area contributed by atoms with Gasteiger partial charge in [-0.1, -0.05) is 140 Å². The van der Waals surface area contributed by atoms with Crippen LogP contribution in [0.4, 0.5) is 0 Å². The average molecular weight is 637 g/mol. The Morgan fingerprint density at radius 3 is 1.37 bits per heavy atom. The van der Waals surface area contributed by atoms with Crippen molar-refractivity contribution in [2.75, 3.05) is 0 Å². The van der Waals surface area contributed by atoms with Crippen molar-refractivity contribution in [1.29, 1.82) is 0 Å². The second-order valence-corrected chi connectivity index (χ2v) is 14.3. The Morgan fingerprint density at radius 2 is 0.694 bits per heavy atom. The van der Waals surface area contributed by atoms with Crippen LogP contribution in [0.1, 0.15) is 0 Å². The monoisotopic (exact) mass is 636 g/mol. The van der Waals surface area contributed by atoms with E-state index in [1.54, 1.807) is 0 Å². The highest BCUT2D eigenvalue weighted by molar-refractivity contribution is 7.26. The fraction of sp³-hybridized carbons (Fsp3) is 0. The number of hydrogen-bond acceptors (Lipinski definition) is 1. The lowest BCUT2D eigenvalue weighted by Gasteiger charge is -2.13. The molecule has 11 rings (SSSR count). The highest BCUT2D eigenvalue weighted by Gasteiger charge is 2.13. The van der Waals surface area contributed by atoms with E-state index < -0.39 is 0 Å². The van der Waals surface area contributed by atoms with Gasteiger partial charge in [-0.15, -0.1) is 11.3 Å². The molecule has 11 aromatic rings. The number of fused-ring (bicyclic) bond motifs is 14. The molecule has 0 aliphatic heterocycles. The third kappa shape index (κ3) is 4.03. The summed E-state index contributed by atoms with van der Waals surface area (Å²) in [5.74, 6) is 0. The van der Waals surface area contributed by atoms with Crippen molar-refractivity contribution in [2.24, 2.45) is 0 Å². The summed E-state index contributed by atoms with van der Waals surface area (Å²) in [6, 6.07) is 63.3. The first-order chi connectivity index (χ1) is 24.3. The lowest BCUT2D eigenvalue weighted by molar-refractivity contribution is 1.66. The molecule has 0 aliphatic carbocycles. The third-order valence-corrected chi connectivity index (χ3v) is 11.8. The summed E-state index contributed by atoms with van der Waals surface area (Å²) in [6.45, 7) is 0. The van der Waals surface area contributed by atoms with Gasteiger partial charge in [0.15, 0.2) is 0 Å². The first kappa shape index (κ1) is 27.0. The van der Waals surface area contributed by atoms with E-state index in [9.17, 15) is 0 Å². The fourth-order valence-corrected chi connectivity index (χ4v) is 9.46. The van der Waals surface area contributed by atoms with Crippen LogP contribution in [-0.4, -0.2) is 0 Å². The molecule has 49 heavy (non-hydrogen) atoms. The van der Waals surface area contributed by atoms with Crippen LogP contribution >= 0.6 is 11.3 Å². The maximum Gasteiger partial charge on any atom is 0.0440 e. The second-order valence-electron chi connectivity index (χ2n) is 13.3. The van der Waals surface area contributed by atoms with Gasteiger partial charge in [0.2, 0.25) is 0 Å². The van der Waals surface area contributed by atoms with Crippen molar-refractivity contribution in [3.8, 4) is 22.3 Å². The number of thiophene rings is 1. The van der Waals surface area contributed by atoms with Crippen LogP contribution in [0.15, 0.2) is 170 Å². The van der Waals surface area contributed by atoms with E-state index in [2.05, 4.69) is 170 Å². The topological polar surface area (TPSA) is 0 Å². The maximum atomic E-state index is 2.40. The zero-order valence-electron chi connectivity index (χ0n) is 26.6. The first-order valence-electron chi connectivity index (χ1n) is 16.9. The van der Waals surface area contributed by atoms with Crippen molar-refractivity contribution in [2.45, 2.75) is 0 Å². The Balaban J connectivity index is 1.03. The average Bonchev–Trinajstić information content (AvgIpc) is 3.56. The number of rotatable bonds is 2. The minimum absolute atomic E-state index is 1.24. The molecule has 0 amide bonds. The molecule has 1 heterocycles. The van der Waals surface area contributed by atoms with Crippen LogP contribution in [0.25, 0.3) is 107 Å². The van der Waals surface area contributed by atoms with Crippen molar-refractivity contribution in [1.82, 2.24) is 0 Å². The van der Waals surface area contributed by atoms with E-state index in [1.807, 2.05) is 11.3 Å². The summed E-state index contributed by atoms with van der Waals surface area (Å²) in [6.07, 6.45) is 0. The van der Waals surface area contributed by atoms with E-state index in [0.717, 1.165) is 0 Å². The minimum atomic E-state index is 1.24. The molecule has 226 valence electrons. The van der Waals surface area contributed by atoms with Gasteiger partial charge in [0.25, 0.3) is 0 Å². The van der Waals surface area contributed by atoms with Crippen LogP contribution in [-0.2, 0) is 0 Å². The molecule has 10 aromatic carbocycles. The van der Waals surface area contributed by atoms with Gasteiger partial charge in [-0.2, -0.15) is 0 Å². The van der Waals surface area contributed by atoms with Crippen molar-refractivity contribution >= 4 is 96.1 Å². The summed E-state index contributed by atoms with van der Waals surface area (Å²) in [5, 5.41) is 18.3. The Morgan fingerprint density at radius 1 is 0.265 bits per heavy atom. The summed E-state index contributed by atoms with van der Waals surface area (Å²) in [4.78, 5) is 0. The van der Waals surface area contributed by atoms with E-state index in [-0.39, 0.29) is 0 Å². The van der Waals surface area contributed by atoms with E-state index >= 15 is 0 Å². The molecule has 0 unspecified atom stereocenters. The van der Waals surface area contributed by atoms with Gasteiger partial charge in [0.05, 0.1) is 0 Å². The van der Waals surface area contributed by atoms with Gasteiger partial charge in [0.1, 0.15) is 0 Å². The molecule has 0 bridgehead atoms. The molecular formula is C48H28S. The second kappa shape index (κ2) is 10.2. The molecule has 0 saturated carbocycles. The molecule has 0 aliphatic rings. The molecule has 0 radical (unpaired) electrons. The minimum Gasteiger partial charge on any atom is -0.135 e. The Kier molecular flexibility index (Phi) is 5.64. The summed E-state index contributed by atoms with van der Waals surface area (Å²) < 4.78 is 2.72. The zero-order valence-corrected chi connectivity index (χ0v) is 27.4. The van der Waals surface area contributed by atoms with Gasteiger partial charge in [-0.05, 0) is 112 Å². The Hall–Kier alpha value is -6.02. The van der Waals surface area contributed by atoms with Crippen molar-refractivity contribution < 1.29 is 0 Å². The fourth-order valence-electron chi connectivity index (χ4n) is 8.19. The van der Waals surface area contributed by atoms with E-state index in [1.165, 1.54) is 107 Å². The quantitative estimate of drug-likeness (QED) is 0.166. The predicted octanol–water partition coefficient (Wildman–Crippen LogP) is 14.3. The first-order valence-corrected chi connectivity index (χ1v) is 17.7. The van der Waals surface area contributed by atoms with Crippen molar-refractivity contribution in [3.63, 3.8) is 0 Å². The van der Waals surface area contributed by atoms with E-state index in [4.69, 9.17) is 0 Å². The predicted molar refractivity (Wildman–Crippen MR) is 215 cm³/mol. The highest BCUT2D eigenvalue weighted by atomic mass is 32.1. The van der Waals surface area contributed by atoms with Crippen LogP contribution < -0.4 is 0 Å². The molecule has 0 nitrogen and oxygen atoms in total. The number of hydrogen-bond donors (Lipinski definition) is 0. The van der Waals surface area contributed by atoms with Gasteiger partial charge in [-0.25, -0.2) is 0 Å². The standard InChI is InChI=1S/C48H28S/c1-2-9-39-37(7-1)38-8-3-4-10-40(38)45-28-36(22-23-41(39)45)34-20-18-31-25-33(19-17-32(31)26-34)35-16-14-29-13-15-30-21-24-43-42-11-5-6-12-46(42)49-48(43)47(30)44(29)27-35/h1-28H. The summed E-state index contributed by atoms with van der Waals surface area (Å²) in [5.41, 5.74) is 4.97. The molecule has 1 heteroatoms. The van der Waals surface area contributed by atoms with E-state index in [0.29, 0.717) is 0 Å². The molecule has 0 atom stereocenters. The lowest BCUT2D eigenvalue weighted by atomic mass is 9.91. The molecule has 1 aromatic heterocycles. The van der Waals surface area contributed by atoms with Crippen LogP contribution in [0.3, 0.4) is 0 Å². The Labute approximate surface area is 287 Å². The smallest absolute Gasteiger partial charge is 0.0440 e. The largest absolute Gasteiger partial charge is 0.135 e. The molecule has 0 spiro atoms. The summed E-state index contributed by atoms with van der Waals surface area (Å²) in [7, 11) is 0. The van der Waals surface area contributed by atoms with Crippen LogP contribution in [0, 0.1) is 0 Å².